The summed E-state index contributed by atoms with van der Waals surface area (Å²) in [6, 6.07) is 0. The van der Waals surface area contributed by atoms with Crippen LogP contribution in [0, 0.1) is 11.8 Å². The highest BCUT2D eigenvalue weighted by molar-refractivity contribution is 5.80. The maximum Gasteiger partial charge on any atom is 0.306 e. The van der Waals surface area contributed by atoms with Crippen LogP contribution in [0.1, 0.15) is 32.1 Å². The lowest BCUT2D eigenvalue weighted by molar-refractivity contribution is -0.145. The minimum Gasteiger partial charge on any atom is -0.481 e. The zero-order valence-corrected chi connectivity index (χ0v) is 9.84. The van der Waals surface area contributed by atoms with Gasteiger partial charge in [0.2, 0.25) is 5.91 Å². The van der Waals surface area contributed by atoms with E-state index in [1.165, 1.54) is 0 Å². The number of aliphatic carboxylic acids is 1. The predicted octanol–water partition coefficient (Wildman–Crippen LogP) is 0.471. The molecule has 0 bridgehead atoms. The van der Waals surface area contributed by atoms with Crippen molar-refractivity contribution in [2.24, 2.45) is 11.8 Å². The standard InChI is InChI=1S/C12H19NO4/c14-10-4-5-13(7-10)11(15)8-2-1-3-9(6-8)12(16)17/h8-10,14H,1-7H2,(H,16,17). The van der Waals surface area contributed by atoms with E-state index in [9.17, 15) is 14.7 Å². The minimum atomic E-state index is -0.788. The van der Waals surface area contributed by atoms with Crippen LogP contribution >= 0.6 is 0 Å². The summed E-state index contributed by atoms with van der Waals surface area (Å²) >= 11 is 0. The number of likely N-dealkylation sites (tertiary alicyclic amines) is 1. The highest BCUT2D eigenvalue weighted by Crippen LogP contribution is 2.31. The van der Waals surface area contributed by atoms with Gasteiger partial charge in [-0.15, -0.1) is 0 Å². The van der Waals surface area contributed by atoms with E-state index in [4.69, 9.17) is 5.11 Å². The van der Waals surface area contributed by atoms with Crippen molar-refractivity contribution in [2.75, 3.05) is 13.1 Å². The molecule has 1 saturated heterocycles. The second-order valence-electron chi connectivity index (χ2n) is 5.13. The molecule has 3 unspecified atom stereocenters. The average molecular weight is 241 g/mol. The maximum atomic E-state index is 12.1. The second kappa shape index (κ2) is 5.04. The van der Waals surface area contributed by atoms with Crippen LogP contribution < -0.4 is 0 Å². The third kappa shape index (κ3) is 2.77. The molecule has 0 radical (unpaired) electrons. The fourth-order valence-electron chi connectivity index (χ4n) is 2.84. The van der Waals surface area contributed by atoms with Crippen LogP contribution in [0.15, 0.2) is 0 Å². The van der Waals surface area contributed by atoms with Gasteiger partial charge in [0.15, 0.2) is 0 Å². The molecule has 2 aliphatic rings. The Bertz CT molecular complexity index is 318. The Morgan fingerprint density at radius 1 is 1.12 bits per heavy atom. The largest absolute Gasteiger partial charge is 0.481 e. The van der Waals surface area contributed by atoms with Gasteiger partial charge in [-0.2, -0.15) is 0 Å². The lowest BCUT2D eigenvalue weighted by Crippen LogP contribution is -2.38. The number of carbonyl (C=O) groups is 2. The molecule has 1 aliphatic heterocycles. The van der Waals surface area contributed by atoms with Crippen molar-refractivity contribution in [2.45, 2.75) is 38.2 Å². The first-order chi connectivity index (χ1) is 8.08. The SMILES string of the molecule is O=C(O)C1CCCC(C(=O)N2CCC(O)C2)C1. The van der Waals surface area contributed by atoms with E-state index in [1.807, 2.05) is 0 Å². The Balaban J connectivity index is 1.93. The summed E-state index contributed by atoms with van der Waals surface area (Å²) in [7, 11) is 0. The van der Waals surface area contributed by atoms with Gasteiger partial charge in [0.1, 0.15) is 0 Å². The Morgan fingerprint density at radius 3 is 2.41 bits per heavy atom. The third-order valence-electron chi connectivity index (χ3n) is 3.85. The van der Waals surface area contributed by atoms with Crippen molar-refractivity contribution in [1.29, 1.82) is 0 Å². The summed E-state index contributed by atoms with van der Waals surface area (Å²) in [5.74, 6) is -1.28. The molecule has 2 rings (SSSR count). The molecule has 1 amide bonds. The quantitative estimate of drug-likeness (QED) is 0.736. The molecule has 5 heteroatoms. The van der Waals surface area contributed by atoms with Gasteiger partial charge >= 0.3 is 5.97 Å². The third-order valence-corrected chi connectivity index (χ3v) is 3.85. The fraction of sp³-hybridized carbons (Fsp3) is 0.833. The number of carbonyl (C=O) groups excluding carboxylic acids is 1. The van der Waals surface area contributed by atoms with E-state index in [0.717, 1.165) is 12.8 Å². The monoisotopic (exact) mass is 241 g/mol. The smallest absolute Gasteiger partial charge is 0.306 e. The van der Waals surface area contributed by atoms with E-state index in [0.29, 0.717) is 32.4 Å². The van der Waals surface area contributed by atoms with Gasteiger partial charge in [-0.05, 0) is 25.7 Å². The molecule has 0 spiro atoms. The molecule has 3 atom stereocenters. The minimum absolute atomic E-state index is 0.0347. The average Bonchev–Trinajstić information content (AvgIpc) is 2.75. The molecule has 96 valence electrons. The first kappa shape index (κ1) is 12.4. The van der Waals surface area contributed by atoms with Gasteiger partial charge < -0.3 is 15.1 Å². The number of hydrogen-bond donors (Lipinski definition) is 2. The highest BCUT2D eigenvalue weighted by Gasteiger charge is 2.35. The van der Waals surface area contributed by atoms with Gasteiger partial charge in [0.25, 0.3) is 0 Å². The van der Waals surface area contributed by atoms with E-state index in [-0.39, 0.29) is 17.7 Å². The first-order valence-corrected chi connectivity index (χ1v) is 6.27. The van der Waals surface area contributed by atoms with Crippen molar-refractivity contribution in [3.63, 3.8) is 0 Å². The normalized spacial score (nSPS) is 33.7. The molecule has 1 saturated carbocycles. The van der Waals surface area contributed by atoms with Crippen molar-refractivity contribution in [3.05, 3.63) is 0 Å². The van der Waals surface area contributed by atoms with Gasteiger partial charge in [-0.3, -0.25) is 9.59 Å². The van der Waals surface area contributed by atoms with Crippen molar-refractivity contribution < 1.29 is 19.8 Å². The molecule has 2 fully saturated rings. The Morgan fingerprint density at radius 2 is 1.82 bits per heavy atom. The maximum absolute atomic E-state index is 12.1. The van der Waals surface area contributed by atoms with Crippen LogP contribution in [0.5, 0.6) is 0 Å². The van der Waals surface area contributed by atoms with E-state index in [1.54, 1.807) is 4.90 Å². The fourth-order valence-corrected chi connectivity index (χ4v) is 2.84. The first-order valence-electron chi connectivity index (χ1n) is 6.27. The number of β-amino-alcohol motifs (C(OH)–C–C–N with tert-alkyl or cyclic N) is 1. The summed E-state index contributed by atoms with van der Waals surface area (Å²) in [5, 5.41) is 18.4. The zero-order valence-electron chi connectivity index (χ0n) is 9.84. The Hall–Kier alpha value is -1.10. The number of carboxylic acid groups (broad SMARTS) is 1. The topological polar surface area (TPSA) is 77.8 Å². The molecule has 2 N–H and O–H groups in total. The summed E-state index contributed by atoms with van der Waals surface area (Å²) < 4.78 is 0. The molecule has 0 aromatic rings. The molecular weight excluding hydrogens is 222 g/mol. The Kier molecular flexibility index (Phi) is 3.66. The summed E-state index contributed by atoms with van der Waals surface area (Å²) in [4.78, 5) is 24.7. The van der Waals surface area contributed by atoms with Crippen LogP contribution in [0.3, 0.4) is 0 Å². The van der Waals surface area contributed by atoms with Crippen LogP contribution in [0.4, 0.5) is 0 Å². The van der Waals surface area contributed by atoms with Crippen molar-refractivity contribution in [3.8, 4) is 0 Å². The number of nitrogens with zero attached hydrogens (tertiary/aromatic N) is 1. The van der Waals surface area contributed by atoms with Crippen molar-refractivity contribution >= 4 is 11.9 Å². The molecule has 5 nitrogen and oxygen atoms in total. The van der Waals surface area contributed by atoms with E-state index < -0.39 is 12.1 Å². The van der Waals surface area contributed by atoms with Crippen LogP contribution in [0.2, 0.25) is 0 Å². The van der Waals surface area contributed by atoms with Gasteiger partial charge in [0, 0.05) is 19.0 Å². The number of aliphatic hydroxyl groups is 1. The van der Waals surface area contributed by atoms with Gasteiger partial charge in [-0.25, -0.2) is 0 Å². The number of amides is 1. The zero-order chi connectivity index (χ0) is 12.4. The summed E-state index contributed by atoms with van der Waals surface area (Å²) in [5.41, 5.74) is 0. The summed E-state index contributed by atoms with van der Waals surface area (Å²) in [6.07, 6.45) is 2.97. The second-order valence-corrected chi connectivity index (χ2v) is 5.13. The van der Waals surface area contributed by atoms with Crippen molar-refractivity contribution in [1.82, 2.24) is 4.90 Å². The molecule has 0 aromatic carbocycles. The van der Waals surface area contributed by atoms with Crippen LogP contribution in [-0.2, 0) is 9.59 Å². The van der Waals surface area contributed by atoms with E-state index in [2.05, 4.69) is 0 Å². The molecule has 17 heavy (non-hydrogen) atoms. The molecule has 1 aliphatic carbocycles. The Labute approximate surface area is 100 Å². The van der Waals surface area contributed by atoms with E-state index >= 15 is 0 Å². The van der Waals surface area contributed by atoms with Crippen LogP contribution in [-0.4, -0.2) is 46.2 Å². The number of carboxylic acids is 1. The van der Waals surface area contributed by atoms with Gasteiger partial charge in [-0.1, -0.05) is 6.42 Å². The van der Waals surface area contributed by atoms with Gasteiger partial charge in [0.05, 0.1) is 12.0 Å². The lowest BCUT2D eigenvalue weighted by Gasteiger charge is -2.29. The van der Waals surface area contributed by atoms with Crippen LogP contribution in [0.25, 0.3) is 0 Å². The number of hydrogen-bond acceptors (Lipinski definition) is 3. The summed E-state index contributed by atoms with van der Waals surface area (Å²) in [6.45, 7) is 1.02. The molecular formula is C12H19NO4. The molecule has 1 heterocycles. The lowest BCUT2D eigenvalue weighted by atomic mass is 9.81. The number of aliphatic hydroxyl groups excluding tert-OH is 1. The molecule has 0 aromatic heterocycles. The highest BCUT2D eigenvalue weighted by atomic mass is 16.4. The predicted molar refractivity (Wildman–Crippen MR) is 60.3 cm³/mol. The number of rotatable bonds is 2.